The molecule has 6 heteroatoms. The van der Waals surface area contributed by atoms with E-state index in [0.29, 0.717) is 0 Å². The molecule has 3 rings (SSSR count). The van der Waals surface area contributed by atoms with Crippen LogP contribution in [-0.2, 0) is 6.42 Å². The predicted molar refractivity (Wildman–Crippen MR) is 97.2 cm³/mol. The summed E-state index contributed by atoms with van der Waals surface area (Å²) < 4.78 is 0. The van der Waals surface area contributed by atoms with Gasteiger partial charge in [0.25, 0.3) is 0 Å². The third-order valence-electron chi connectivity index (χ3n) is 4.57. The first kappa shape index (κ1) is 16.7. The molecule has 2 N–H and O–H groups in total. The Bertz CT molecular complexity index is 523. The van der Waals surface area contributed by atoms with Crippen molar-refractivity contribution in [1.29, 1.82) is 0 Å². The molecule has 1 aromatic heterocycles. The minimum absolute atomic E-state index is 0.729. The summed E-state index contributed by atoms with van der Waals surface area (Å²) in [5.41, 5.74) is 1.17. The van der Waals surface area contributed by atoms with Crippen molar-refractivity contribution >= 4 is 17.3 Å². The summed E-state index contributed by atoms with van der Waals surface area (Å²) in [5.74, 6) is 1.68. The highest BCUT2D eigenvalue weighted by molar-refractivity contribution is 7.09. The van der Waals surface area contributed by atoms with Crippen LogP contribution in [0.5, 0.6) is 0 Å². The number of rotatable bonds is 7. The van der Waals surface area contributed by atoms with E-state index in [1.54, 1.807) is 11.3 Å². The molecule has 2 aliphatic rings. The number of hydrogen-bond acceptors (Lipinski definition) is 4. The number of aryl methyl sites for hydroxylation is 1. The van der Waals surface area contributed by atoms with Crippen molar-refractivity contribution in [3.8, 4) is 0 Å². The van der Waals surface area contributed by atoms with Gasteiger partial charge in [0.2, 0.25) is 0 Å². The standard InChI is InChI=1S/C17H29N5S/c1-3-18-17(19-8-6-15-12-23-13(2)21-15)20-10-14-7-9-22(11-14)16-4-5-16/h12,14,16H,3-11H2,1-2H3,(H2,18,19,20). The quantitative estimate of drug-likeness (QED) is 0.591. The van der Waals surface area contributed by atoms with E-state index in [4.69, 9.17) is 4.99 Å². The van der Waals surface area contributed by atoms with E-state index >= 15 is 0 Å². The summed E-state index contributed by atoms with van der Waals surface area (Å²) in [6.07, 6.45) is 5.08. The highest BCUT2D eigenvalue weighted by Gasteiger charge is 2.34. The first-order chi connectivity index (χ1) is 11.2. The number of aliphatic imine (C=N–C) groups is 1. The minimum atomic E-state index is 0.729. The third kappa shape index (κ3) is 5.18. The maximum Gasteiger partial charge on any atom is 0.191 e. The molecule has 1 saturated heterocycles. The lowest BCUT2D eigenvalue weighted by molar-refractivity contribution is 0.315. The highest BCUT2D eigenvalue weighted by atomic mass is 32.1. The molecule has 1 aromatic rings. The van der Waals surface area contributed by atoms with Crippen molar-refractivity contribution in [2.75, 3.05) is 32.7 Å². The van der Waals surface area contributed by atoms with Gasteiger partial charge in [0.15, 0.2) is 5.96 Å². The second kappa shape index (κ2) is 8.11. The maximum absolute atomic E-state index is 4.80. The fourth-order valence-corrected chi connectivity index (χ4v) is 3.82. The lowest BCUT2D eigenvalue weighted by atomic mass is 10.1. The van der Waals surface area contributed by atoms with Crippen LogP contribution >= 0.6 is 11.3 Å². The molecule has 1 saturated carbocycles. The lowest BCUT2D eigenvalue weighted by Gasteiger charge is -2.15. The molecule has 1 unspecified atom stereocenters. The monoisotopic (exact) mass is 335 g/mol. The normalized spacial score (nSPS) is 22.5. The number of nitrogens with zero attached hydrogens (tertiary/aromatic N) is 3. The van der Waals surface area contributed by atoms with Gasteiger partial charge < -0.3 is 15.5 Å². The molecule has 1 atom stereocenters. The van der Waals surface area contributed by atoms with Crippen LogP contribution < -0.4 is 10.6 Å². The van der Waals surface area contributed by atoms with Crippen LogP contribution in [0.25, 0.3) is 0 Å². The van der Waals surface area contributed by atoms with Crippen LogP contribution in [0.1, 0.15) is 36.9 Å². The second-order valence-electron chi connectivity index (χ2n) is 6.64. The summed E-state index contributed by atoms with van der Waals surface area (Å²) in [5, 5.41) is 10.1. The number of nitrogens with one attached hydrogen (secondary N) is 2. The van der Waals surface area contributed by atoms with E-state index in [2.05, 4.69) is 39.7 Å². The molecule has 5 nitrogen and oxygen atoms in total. The molecule has 2 fully saturated rings. The van der Waals surface area contributed by atoms with E-state index in [0.717, 1.165) is 49.0 Å². The summed E-state index contributed by atoms with van der Waals surface area (Å²) in [6, 6.07) is 0.900. The number of thiazole rings is 1. The van der Waals surface area contributed by atoms with Crippen LogP contribution in [0.2, 0.25) is 0 Å². The molecule has 1 aliphatic carbocycles. The van der Waals surface area contributed by atoms with Crippen molar-refractivity contribution < 1.29 is 0 Å². The molecule has 0 aromatic carbocycles. The number of likely N-dealkylation sites (tertiary alicyclic amines) is 1. The van der Waals surface area contributed by atoms with Gasteiger partial charge >= 0.3 is 0 Å². The third-order valence-corrected chi connectivity index (χ3v) is 5.39. The van der Waals surface area contributed by atoms with E-state index in [9.17, 15) is 0 Å². The van der Waals surface area contributed by atoms with Crippen molar-refractivity contribution in [1.82, 2.24) is 20.5 Å². The van der Waals surface area contributed by atoms with Gasteiger partial charge in [-0.25, -0.2) is 4.98 Å². The molecule has 23 heavy (non-hydrogen) atoms. The Morgan fingerprint density at radius 2 is 2.26 bits per heavy atom. The largest absolute Gasteiger partial charge is 0.357 e. The van der Waals surface area contributed by atoms with Gasteiger partial charge in [-0.05, 0) is 45.6 Å². The number of aromatic nitrogens is 1. The van der Waals surface area contributed by atoms with Gasteiger partial charge in [-0.15, -0.1) is 11.3 Å². The van der Waals surface area contributed by atoms with E-state index < -0.39 is 0 Å². The zero-order valence-corrected chi connectivity index (χ0v) is 15.2. The SMILES string of the molecule is CCNC(=NCC1CCN(C2CC2)C1)NCCc1csc(C)n1. The zero-order chi connectivity index (χ0) is 16.1. The van der Waals surface area contributed by atoms with Crippen LogP contribution in [0, 0.1) is 12.8 Å². The molecule has 0 spiro atoms. The van der Waals surface area contributed by atoms with Gasteiger partial charge in [0.1, 0.15) is 0 Å². The predicted octanol–water partition coefficient (Wildman–Crippen LogP) is 2.03. The highest BCUT2D eigenvalue weighted by Crippen LogP contribution is 2.31. The Hall–Kier alpha value is -1.14. The smallest absolute Gasteiger partial charge is 0.191 e. The summed E-state index contributed by atoms with van der Waals surface area (Å²) in [7, 11) is 0. The zero-order valence-electron chi connectivity index (χ0n) is 14.3. The van der Waals surface area contributed by atoms with Crippen LogP contribution in [0.4, 0.5) is 0 Å². The van der Waals surface area contributed by atoms with Crippen LogP contribution in [-0.4, -0.2) is 54.6 Å². The molecular formula is C17H29N5S. The lowest BCUT2D eigenvalue weighted by Crippen LogP contribution is -2.38. The molecule has 0 radical (unpaired) electrons. The number of guanidine groups is 1. The first-order valence-corrected chi connectivity index (χ1v) is 9.79. The molecule has 128 valence electrons. The average Bonchev–Trinajstić information content (AvgIpc) is 3.14. The van der Waals surface area contributed by atoms with Gasteiger partial charge in [-0.1, -0.05) is 0 Å². The van der Waals surface area contributed by atoms with Gasteiger partial charge in [0, 0.05) is 44.0 Å². The van der Waals surface area contributed by atoms with Crippen LogP contribution in [0.15, 0.2) is 10.4 Å². The Morgan fingerprint density at radius 3 is 2.96 bits per heavy atom. The Morgan fingerprint density at radius 1 is 1.39 bits per heavy atom. The molecule has 1 aliphatic heterocycles. The Balaban J connectivity index is 1.41. The van der Waals surface area contributed by atoms with Crippen LogP contribution in [0.3, 0.4) is 0 Å². The fourth-order valence-electron chi connectivity index (χ4n) is 3.18. The van der Waals surface area contributed by atoms with Crippen molar-refractivity contribution in [3.63, 3.8) is 0 Å². The second-order valence-corrected chi connectivity index (χ2v) is 7.70. The van der Waals surface area contributed by atoms with E-state index in [1.165, 1.54) is 38.0 Å². The summed E-state index contributed by atoms with van der Waals surface area (Å²) in [6.45, 7) is 9.41. The first-order valence-electron chi connectivity index (χ1n) is 8.92. The topological polar surface area (TPSA) is 52.6 Å². The molecule has 0 bridgehead atoms. The van der Waals surface area contributed by atoms with Gasteiger partial charge in [0.05, 0.1) is 10.7 Å². The summed E-state index contributed by atoms with van der Waals surface area (Å²) in [4.78, 5) is 12.0. The summed E-state index contributed by atoms with van der Waals surface area (Å²) >= 11 is 1.72. The molecule has 2 heterocycles. The van der Waals surface area contributed by atoms with E-state index in [1.807, 2.05) is 0 Å². The Labute approximate surface area is 143 Å². The molecule has 0 amide bonds. The van der Waals surface area contributed by atoms with Gasteiger partial charge in [-0.2, -0.15) is 0 Å². The fraction of sp³-hybridized carbons (Fsp3) is 0.765. The maximum atomic E-state index is 4.80. The van der Waals surface area contributed by atoms with Crippen molar-refractivity contribution in [2.24, 2.45) is 10.9 Å². The average molecular weight is 336 g/mol. The van der Waals surface area contributed by atoms with Crippen molar-refractivity contribution in [3.05, 3.63) is 16.1 Å². The minimum Gasteiger partial charge on any atom is -0.357 e. The van der Waals surface area contributed by atoms with E-state index in [-0.39, 0.29) is 0 Å². The Kier molecular flexibility index (Phi) is 5.89. The van der Waals surface area contributed by atoms with Crippen molar-refractivity contribution in [2.45, 2.75) is 45.6 Å². The molecular weight excluding hydrogens is 306 g/mol. The van der Waals surface area contributed by atoms with Gasteiger partial charge in [-0.3, -0.25) is 4.99 Å². The number of hydrogen-bond donors (Lipinski definition) is 2.